The number of benzene rings is 2. The third kappa shape index (κ3) is 4.55. The van der Waals surface area contributed by atoms with Gasteiger partial charge in [-0.15, -0.1) is 0 Å². The molecular weight excluding hydrogens is 396 g/mol. The Labute approximate surface area is 169 Å². The number of nitro groups is 1. The number of methoxy groups -OCH3 is 1. The molecule has 2 amide bonds. The predicted octanol–water partition coefficient (Wildman–Crippen LogP) is 4.46. The number of hydrogen-bond acceptors (Lipinski definition) is 7. The molecule has 0 bridgehead atoms. The third-order valence-electron chi connectivity index (χ3n) is 3.96. The summed E-state index contributed by atoms with van der Waals surface area (Å²) in [5.41, 5.74) is 1.64. The summed E-state index contributed by atoms with van der Waals surface area (Å²) in [7, 11) is 1.23. The number of rotatable bonds is 5. The van der Waals surface area contributed by atoms with Crippen molar-refractivity contribution >= 4 is 39.2 Å². The van der Waals surface area contributed by atoms with Gasteiger partial charge in [-0.2, -0.15) is 0 Å². The lowest BCUT2D eigenvalue weighted by Gasteiger charge is -2.06. The highest BCUT2D eigenvalue weighted by Gasteiger charge is 2.20. The quantitative estimate of drug-likeness (QED) is 0.471. The van der Waals surface area contributed by atoms with Crippen LogP contribution in [0.5, 0.6) is 0 Å². The summed E-state index contributed by atoms with van der Waals surface area (Å²) in [5, 5.41) is 17.0. The maximum Gasteiger partial charge on any atom is 0.413 e. The highest BCUT2D eigenvalue weighted by Crippen LogP contribution is 2.36. The van der Waals surface area contributed by atoms with E-state index in [4.69, 9.17) is 0 Å². The standard InChI is InChI=1S/C19H16N4O5S/c1-11-8-9-13(10-14(11)23(26)27)16(24)21-17-15(12-6-4-3-5-7-12)20-18(29-17)22-19(25)28-2/h3-10H,1-2H3,(H,21,24)(H,20,22,25). The molecule has 0 unspecified atom stereocenters. The van der Waals surface area contributed by atoms with Crippen molar-refractivity contribution in [2.75, 3.05) is 17.7 Å². The van der Waals surface area contributed by atoms with E-state index in [0.717, 1.165) is 16.9 Å². The Balaban J connectivity index is 1.95. The molecule has 9 nitrogen and oxygen atoms in total. The van der Waals surface area contributed by atoms with E-state index in [-0.39, 0.29) is 16.4 Å². The molecule has 0 aliphatic heterocycles. The minimum atomic E-state index is -0.689. The van der Waals surface area contributed by atoms with Gasteiger partial charge in [0.25, 0.3) is 11.6 Å². The van der Waals surface area contributed by atoms with Crippen LogP contribution in [0.25, 0.3) is 11.3 Å². The molecule has 2 N–H and O–H groups in total. The van der Waals surface area contributed by atoms with Gasteiger partial charge in [0, 0.05) is 22.8 Å². The fraction of sp³-hybridized carbons (Fsp3) is 0.105. The zero-order chi connectivity index (χ0) is 21.0. The zero-order valence-electron chi connectivity index (χ0n) is 15.5. The van der Waals surface area contributed by atoms with Crippen LogP contribution in [0.15, 0.2) is 48.5 Å². The van der Waals surface area contributed by atoms with E-state index in [2.05, 4.69) is 20.4 Å². The Hall–Kier alpha value is -3.79. The monoisotopic (exact) mass is 412 g/mol. The fourth-order valence-corrected chi connectivity index (χ4v) is 3.38. The van der Waals surface area contributed by atoms with Crippen molar-refractivity contribution in [2.45, 2.75) is 6.92 Å². The number of ether oxygens (including phenoxy) is 1. The zero-order valence-corrected chi connectivity index (χ0v) is 16.3. The van der Waals surface area contributed by atoms with Crippen LogP contribution in [0.2, 0.25) is 0 Å². The van der Waals surface area contributed by atoms with Gasteiger partial charge < -0.3 is 10.1 Å². The fourth-order valence-electron chi connectivity index (χ4n) is 2.51. The van der Waals surface area contributed by atoms with Crippen molar-refractivity contribution in [3.8, 4) is 11.3 Å². The van der Waals surface area contributed by atoms with E-state index >= 15 is 0 Å². The number of anilines is 2. The molecule has 0 aliphatic rings. The lowest BCUT2D eigenvalue weighted by molar-refractivity contribution is -0.385. The van der Waals surface area contributed by atoms with Gasteiger partial charge in [-0.05, 0) is 13.0 Å². The largest absolute Gasteiger partial charge is 0.453 e. The SMILES string of the molecule is COC(=O)Nc1nc(-c2ccccc2)c(NC(=O)c2ccc(C)c([N+](=O)[O-])c2)s1. The summed E-state index contributed by atoms with van der Waals surface area (Å²) in [5.74, 6) is -0.529. The van der Waals surface area contributed by atoms with Crippen LogP contribution in [-0.2, 0) is 4.74 Å². The summed E-state index contributed by atoms with van der Waals surface area (Å²) >= 11 is 1.05. The van der Waals surface area contributed by atoms with Crippen molar-refractivity contribution in [3.63, 3.8) is 0 Å². The summed E-state index contributed by atoms with van der Waals surface area (Å²) in [4.78, 5) is 39.2. The molecule has 29 heavy (non-hydrogen) atoms. The molecular formula is C19H16N4O5S. The van der Waals surface area contributed by atoms with Gasteiger partial charge in [0.05, 0.1) is 12.0 Å². The topological polar surface area (TPSA) is 123 Å². The number of aromatic nitrogens is 1. The predicted molar refractivity (Wildman–Crippen MR) is 109 cm³/mol. The minimum absolute atomic E-state index is 0.136. The summed E-state index contributed by atoms with van der Waals surface area (Å²) in [6.07, 6.45) is -0.689. The Kier molecular flexibility index (Phi) is 5.84. The molecule has 1 heterocycles. The smallest absolute Gasteiger partial charge is 0.413 e. The molecule has 3 rings (SSSR count). The number of carbonyl (C=O) groups excluding carboxylic acids is 2. The average Bonchev–Trinajstić information content (AvgIpc) is 3.10. The number of thiazole rings is 1. The van der Waals surface area contributed by atoms with Crippen molar-refractivity contribution in [2.24, 2.45) is 0 Å². The molecule has 10 heteroatoms. The molecule has 0 saturated carbocycles. The van der Waals surface area contributed by atoms with E-state index in [0.29, 0.717) is 16.3 Å². The van der Waals surface area contributed by atoms with Crippen LogP contribution in [0.1, 0.15) is 15.9 Å². The molecule has 0 aliphatic carbocycles. The highest BCUT2D eigenvalue weighted by atomic mass is 32.1. The first kappa shape index (κ1) is 20.0. The van der Waals surface area contributed by atoms with Crippen LogP contribution < -0.4 is 10.6 Å². The second kappa shape index (κ2) is 8.48. The van der Waals surface area contributed by atoms with Gasteiger partial charge in [0.15, 0.2) is 5.13 Å². The molecule has 3 aromatic rings. The first-order valence-electron chi connectivity index (χ1n) is 8.36. The lowest BCUT2D eigenvalue weighted by Crippen LogP contribution is -2.12. The van der Waals surface area contributed by atoms with Gasteiger partial charge in [0.1, 0.15) is 10.7 Å². The first-order chi connectivity index (χ1) is 13.9. The molecule has 0 spiro atoms. The van der Waals surface area contributed by atoms with E-state index in [1.165, 1.54) is 25.3 Å². The lowest BCUT2D eigenvalue weighted by atomic mass is 10.1. The maximum absolute atomic E-state index is 12.7. The second-order valence-corrected chi connectivity index (χ2v) is 6.89. The molecule has 148 valence electrons. The number of nitro benzene ring substituents is 1. The minimum Gasteiger partial charge on any atom is -0.453 e. The third-order valence-corrected chi connectivity index (χ3v) is 4.85. The summed E-state index contributed by atoms with van der Waals surface area (Å²) < 4.78 is 4.57. The summed E-state index contributed by atoms with van der Waals surface area (Å²) in [6, 6.07) is 13.3. The van der Waals surface area contributed by atoms with Crippen LogP contribution in [0.3, 0.4) is 0 Å². The van der Waals surface area contributed by atoms with Crippen molar-refractivity contribution in [1.29, 1.82) is 0 Å². The Morgan fingerprint density at radius 3 is 2.52 bits per heavy atom. The number of nitrogens with one attached hydrogen (secondary N) is 2. The normalized spacial score (nSPS) is 10.3. The number of hydrogen-bond donors (Lipinski definition) is 2. The van der Waals surface area contributed by atoms with Crippen molar-refractivity contribution < 1.29 is 19.2 Å². The highest BCUT2D eigenvalue weighted by molar-refractivity contribution is 7.20. The van der Waals surface area contributed by atoms with E-state index in [1.54, 1.807) is 6.92 Å². The Morgan fingerprint density at radius 1 is 1.14 bits per heavy atom. The van der Waals surface area contributed by atoms with Crippen LogP contribution in [0.4, 0.5) is 20.6 Å². The van der Waals surface area contributed by atoms with Crippen LogP contribution >= 0.6 is 11.3 Å². The van der Waals surface area contributed by atoms with Crippen LogP contribution in [-0.4, -0.2) is 29.0 Å². The molecule has 1 aromatic heterocycles. The number of carbonyl (C=O) groups is 2. The van der Waals surface area contributed by atoms with Crippen LogP contribution in [0, 0.1) is 17.0 Å². The Bertz CT molecular complexity index is 1080. The van der Waals surface area contributed by atoms with Gasteiger partial charge >= 0.3 is 6.09 Å². The number of amides is 2. The molecule has 0 saturated heterocycles. The second-order valence-electron chi connectivity index (χ2n) is 5.89. The molecule has 0 fully saturated rings. The summed E-state index contributed by atoms with van der Waals surface area (Å²) in [6.45, 7) is 1.60. The van der Waals surface area contributed by atoms with E-state index in [1.807, 2.05) is 30.3 Å². The van der Waals surface area contributed by atoms with Gasteiger partial charge in [-0.3, -0.25) is 20.2 Å². The average molecular weight is 412 g/mol. The van der Waals surface area contributed by atoms with Gasteiger partial charge in [-0.1, -0.05) is 47.7 Å². The maximum atomic E-state index is 12.7. The van der Waals surface area contributed by atoms with Gasteiger partial charge in [-0.25, -0.2) is 9.78 Å². The van der Waals surface area contributed by atoms with Gasteiger partial charge in [0.2, 0.25) is 0 Å². The Morgan fingerprint density at radius 2 is 1.86 bits per heavy atom. The molecule has 2 aromatic carbocycles. The van der Waals surface area contributed by atoms with E-state index in [9.17, 15) is 19.7 Å². The molecule has 0 radical (unpaired) electrons. The first-order valence-corrected chi connectivity index (χ1v) is 9.18. The van der Waals surface area contributed by atoms with Crippen molar-refractivity contribution in [1.82, 2.24) is 4.98 Å². The van der Waals surface area contributed by atoms with Crippen molar-refractivity contribution in [3.05, 3.63) is 69.8 Å². The molecule has 0 atom stereocenters. The number of nitrogens with zero attached hydrogens (tertiary/aromatic N) is 2. The number of aryl methyl sites for hydroxylation is 1. The van der Waals surface area contributed by atoms with E-state index < -0.39 is 16.9 Å².